The predicted octanol–water partition coefficient (Wildman–Crippen LogP) is 2.81. The van der Waals surface area contributed by atoms with E-state index >= 15 is 0 Å². The molecule has 2 heterocycles. The van der Waals surface area contributed by atoms with Crippen molar-refractivity contribution in [1.29, 1.82) is 0 Å². The van der Waals surface area contributed by atoms with E-state index in [1.54, 1.807) is 30.2 Å². The summed E-state index contributed by atoms with van der Waals surface area (Å²) in [5.74, 6) is 0.287. The van der Waals surface area contributed by atoms with Crippen molar-refractivity contribution in [3.05, 3.63) is 35.2 Å². The Balaban J connectivity index is 2.16. The molecule has 0 atom stereocenters. The fraction of sp³-hybridized carbons (Fsp3) is 0.308. The minimum absolute atomic E-state index is 0.243. The van der Waals surface area contributed by atoms with Crippen molar-refractivity contribution in [2.24, 2.45) is 0 Å². The molecule has 0 aliphatic rings. The molecular weight excluding hydrogens is 278 g/mol. The van der Waals surface area contributed by atoms with Crippen LogP contribution >= 0.6 is 11.6 Å². The number of nitrogens with one attached hydrogen (secondary N) is 2. The molecule has 0 radical (unpaired) electrons. The van der Waals surface area contributed by atoms with Crippen LogP contribution in [0.3, 0.4) is 0 Å². The van der Waals surface area contributed by atoms with Crippen LogP contribution in [0, 0.1) is 0 Å². The second kappa shape index (κ2) is 5.92. The molecule has 2 aromatic heterocycles. The number of rotatable bonds is 4. The molecule has 7 heteroatoms. The lowest BCUT2D eigenvalue weighted by Crippen LogP contribution is -2.12. The number of hydrogen-bond donors (Lipinski definition) is 2. The van der Waals surface area contributed by atoms with Crippen LogP contribution in [0.4, 0.5) is 11.5 Å². The van der Waals surface area contributed by atoms with E-state index in [4.69, 9.17) is 11.6 Å². The van der Waals surface area contributed by atoms with Crippen molar-refractivity contribution in [2.75, 3.05) is 17.7 Å². The van der Waals surface area contributed by atoms with Crippen molar-refractivity contribution in [2.45, 2.75) is 19.9 Å². The lowest BCUT2D eigenvalue weighted by atomic mass is 10.2. The molecule has 0 saturated heterocycles. The summed E-state index contributed by atoms with van der Waals surface area (Å²) >= 11 is 5.87. The summed E-state index contributed by atoms with van der Waals surface area (Å²) in [6.07, 6.45) is 3.39. The van der Waals surface area contributed by atoms with E-state index in [1.807, 2.05) is 13.8 Å². The predicted molar refractivity (Wildman–Crippen MR) is 79.4 cm³/mol. The maximum absolute atomic E-state index is 12.2. The highest BCUT2D eigenvalue weighted by molar-refractivity contribution is 6.30. The third kappa shape index (κ3) is 3.27. The maximum atomic E-state index is 12.2. The molecule has 0 unspecified atom stereocenters. The first-order chi connectivity index (χ1) is 9.49. The summed E-state index contributed by atoms with van der Waals surface area (Å²) in [6.45, 7) is 4.03. The molecule has 20 heavy (non-hydrogen) atoms. The normalized spacial score (nSPS) is 10.7. The summed E-state index contributed by atoms with van der Waals surface area (Å²) in [7, 11) is 1.72. The number of nitrogens with zero attached hydrogens (tertiary/aromatic N) is 3. The molecule has 1 amide bonds. The fourth-order valence-corrected chi connectivity index (χ4v) is 1.85. The number of pyridine rings is 1. The van der Waals surface area contributed by atoms with Crippen LogP contribution in [0.2, 0.25) is 5.15 Å². The Morgan fingerprint density at radius 2 is 2.15 bits per heavy atom. The van der Waals surface area contributed by atoms with Gasteiger partial charge in [-0.1, -0.05) is 11.6 Å². The van der Waals surface area contributed by atoms with Crippen molar-refractivity contribution in [1.82, 2.24) is 14.8 Å². The molecule has 2 aromatic rings. The number of carbonyl (C=O) groups is 1. The summed E-state index contributed by atoms with van der Waals surface area (Å²) in [6, 6.07) is 3.39. The monoisotopic (exact) mass is 293 g/mol. The average Bonchev–Trinajstić information content (AvgIpc) is 2.86. The summed E-state index contributed by atoms with van der Waals surface area (Å²) in [5.41, 5.74) is 1.08. The molecule has 2 rings (SSSR count). The zero-order valence-corrected chi connectivity index (χ0v) is 12.3. The minimum atomic E-state index is -0.255. The Bertz CT molecular complexity index is 623. The van der Waals surface area contributed by atoms with Gasteiger partial charge in [-0.2, -0.15) is 5.10 Å². The van der Waals surface area contributed by atoms with Crippen LogP contribution in [0.15, 0.2) is 24.5 Å². The van der Waals surface area contributed by atoms with Gasteiger partial charge < -0.3 is 10.6 Å². The molecule has 0 spiro atoms. The number of anilines is 2. The number of hydrogen-bond acceptors (Lipinski definition) is 4. The van der Waals surface area contributed by atoms with Gasteiger partial charge >= 0.3 is 0 Å². The van der Waals surface area contributed by atoms with E-state index in [-0.39, 0.29) is 17.1 Å². The van der Waals surface area contributed by atoms with Crippen LogP contribution in [-0.2, 0) is 0 Å². The SMILES string of the molecule is CNc1cc(C(=O)Nc2cnn(C(C)C)c2)cc(Cl)n1. The van der Waals surface area contributed by atoms with E-state index in [1.165, 1.54) is 6.07 Å². The van der Waals surface area contributed by atoms with Crippen LogP contribution in [0.25, 0.3) is 0 Å². The lowest BCUT2D eigenvalue weighted by molar-refractivity contribution is 0.102. The van der Waals surface area contributed by atoms with Crippen molar-refractivity contribution in [3.8, 4) is 0 Å². The Labute approximate surface area is 122 Å². The molecule has 0 aliphatic carbocycles. The zero-order chi connectivity index (χ0) is 14.7. The number of halogens is 1. The number of amides is 1. The Hall–Kier alpha value is -2.08. The summed E-state index contributed by atoms with van der Waals surface area (Å²) in [5, 5.41) is 10.1. The lowest BCUT2D eigenvalue weighted by Gasteiger charge is -2.06. The molecule has 0 fully saturated rings. The number of carbonyl (C=O) groups excluding carboxylic acids is 1. The van der Waals surface area contributed by atoms with Gasteiger partial charge in [0.15, 0.2) is 0 Å². The average molecular weight is 294 g/mol. The molecular formula is C13H16ClN5O. The first kappa shape index (κ1) is 14.3. The van der Waals surface area contributed by atoms with E-state index in [0.29, 0.717) is 17.1 Å². The number of aromatic nitrogens is 3. The Morgan fingerprint density at radius 1 is 1.40 bits per heavy atom. The van der Waals surface area contributed by atoms with Gasteiger partial charge in [-0.05, 0) is 26.0 Å². The van der Waals surface area contributed by atoms with Crippen molar-refractivity contribution >= 4 is 29.0 Å². The van der Waals surface area contributed by atoms with Gasteiger partial charge in [0.25, 0.3) is 5.91 Å². The minimum Gasteiger partial charge on any atom is -0.373 e. The largest absolute Gasteiger partial charge is 0.373 e. The van der Waals surface area contributed by atoms with Gasteiger partial charge in [0.1, 0.15) is 11.0 Å². The van der Waals surface area contributed by atoms with E-state index < -0.39 is 0 Å². The summed E-state index contributed by atoms with van der Waals surface area (Å²) in [4.78, 5) is 16.2. The zero-order valence-electron chi connectivity index (χ0n) is 11.5. The molecule has 0 aliphatic heterocycles. The highest BCUT2D eigenvalue weighted by atomic mass is 35.5. The Morgan fingerprint density at radius 3 is 2.75 bits per heavy atom. The van der Waals surface area contributed by atoms with Crippen LogP contribution in [-0.4, -0.2) is 27.7 Å². The first-order valence-corrected chi connectivity index (χ1v) is 6.58. The third-order valence-corrected chi connectivity index (χ3v) is 2.89. The smallest absolute Gasteiger partial charge is 0.255 e. The van der Waals surface area contributed by atoms with Gasteiger partial charge in [-0.3, -0.25) is 9.48 Å². The van der Waals surface area contributed by atoms with Crippen molar-refractivity contribution < 1.29 is 4.79 Å². The maximum Gasteiger partial charge on any atom is 0.255 e. The molecule has 2 N–H and O–H groups in total. The molecule has 106 valence electrons. The Kier molecular flexibility index (Phi) is 4.24. The molecule has 0 saturated carbocycles. The fourth-order valence-electron chi connectivity index (χ4n) is 1.64. The van der Waals surface area contributed by atoms with E-state index in [9.17, 15) is 4.79 Å². The van der Waals surface area contributed by atoms with Gasteiger partial charge in [-0.15, -0.1) is 0 Å². The van der Waals surface area contributed by atoms with Crippen LogP contribution in [0.1, 0.15) is 30.2 Å². The highest BCUT2D eigenvalue weighted by Gasteiger charge is 2.11. The van der Waals surface area contributed by atoms with E-state index in [0.717, 1.165) is 0 Å². The molecule has 0 bridgehead atoms. The van der Waals surface area contributed by atoms with Crippen LogP contribution < -0.4 is 10.6 Å². The quantitative estimate of drug-likeness (QED) is 0.850. The van der Waals surface area contributed by atoms with Crippen LogP contribution in [0.5, 0.6) is 0 Å². The van der Waals surface area contributed by atoms with E-state index in [2.05, 4.69) is 20.7 Å². The molecule has 0 aromatic carbocycles. The third-order valence-electron chi connectivity index (χ3n) is 2.70. The van der Waals surface area contributed by atoms with Crippen molar-refractivity contribution in [3.63, 3.8) is 0 Å². The molecule has 6 nitrogen and oxygen atoms in total. The second-order valence-corrected chi connectivity index (χ2v) is 4.96. The summed E-state index contributed by atoms with van der Waals surface area (Å²) < 4.78 is 1.77. The topological polar surface area (TPSA) is 71.8 Å². The second-order valence-electron chi connectivity index (χ2n) is 4.57. The van der Waals surface area contributed by atoms with Gasteiger partial charge in [0.05, 0.1) is 11.9 Å². The standard InChI is InChI=1S/C13H16ClN5O/c1-8(2)19-7-10(6-16-19)17-13(20)9-4-11(14)18-12(5-9)15-3/h4-8H,1-3H3,(H,15,18)(H,17,20). The van der Waals surface area contributed by atoms with Gasteiger partial charge in [0, 0.05) is 24.8 Å². The van der Waals surface area contributed by atoms with Gasteiger partial charge in [0.2, 0.25) is 0 Å². The van der Waals surface area contributed by atoms with Gasteiger partial charge in [-0.25, -0.2) is 4.98 Å². The first-order valence-electron chi connectivity index (χ1n) is 6.20. The highest BCUT2D eigenvalue weighted by Crippen LogP contribution is 2.16.